The van der Waals surface area contributed by atoms with Crippen molar-refractivity contribution in [1.82, 2.24) is 0 Å². The Hall–Kier alpha value is -0.0800. The van der Waals surface area contributed by atoms with E-state index in [-0.39, 0.29) is 0 Å². The van der Waals surface area contributed by atoms with E-state index in [0.717, 1.165) is 25.2 Å². The first kappa shape index (κ1) is 15.3. The van der Waals surface area contributed by atoms with Gasteiger partial charge in [0.05, 0.1) is 5.60 Å². The van der Waals surface area contributed by atoms with Crippen molar-refractivity contribution in [1.29, 1.82) is 0 Å². The molecule has 0 heterocycles. The molecule has 2 heteroatoms. The molecule has 2 aliphatic carbocycles. The summed E-state index contributed by atoms with van der Waals surface area (Å²) in [7, 11) is 0. The van der Waals surface area contributed by atoms with Crippen LogP contribution in [-0.2, 0) is 0 Å². The van der Waals surface area contributed by atoms with E-state index in [1.54, 1.807) is 0 Å². The van der Waals surface area contributed by atoms with E-state index < -0.39 is 5.60 Å². The van der Waals surface area contributed by atoms with Crippen molar-refractivity contribution in [2.75, 3.05) is 6.54 Å². The largest absolute Gasteiger partial charge is 0.389 e. The highest BCUT2D eigenvalue weighted by molar-refractivity contribution is 4.98. The summed E-state index contributed by atoms with van der Waals surface area (Å²) in [6.45, 7) is 2.87. The molecule has 0 bridgehead atoms. The molecule has 112 valence electrons. The first-order chi connectivity index (χ1) is 9.22. The van der Waals surface area contributed by atoms with E-state index in [2.05, 4.69) is 6.92 Å². The maximum absolute atomic E-state index is 11.4. The summed E-state index contributed by atoms with van der Waals surface area (Å²) in [5.41, 5.74) is 5.55. The van der Waals surface area contributed by atoms with Crippen LogP contribution >= 0.6 is 0 Å². The van der Waals surface area contributed by atoms with E-state index >= 15 is 0 Å². The van der Waals surface area contributed by atoms with Crippen LogP contribution in [0.1, 0.15) is 77.6 Å². The van der Waals surface area contributed by atoms with E-state index in [0.29, 0.717) is 18.4 Å². The second-order valence-electron chi connectivity index (χ2n) is 6.96. The van der Waals surface area contributed by atoms with Gasteiger partial charge < -0.3 is 10.8 Å². The van der Waals surface area contributed by atoms with Crippen molar-refractivity contribution in [3.8, 4) is 0 Å². The number of hydrogen-bond acceptors (Lipinski definition) is 2. The van der Waals surface area contributed by atoms with Crippen molar-refractivity contribution >= 4 is 0 Å². The standard InChI is InChI=1S/C17H33NO/c1-2-8-15(13-18)17(19)12-7-6-11-16(17)14-9-4-3-5-10-14/h14-16,19H,2-13,18H2,1H3. The van der Waals surface area contributed by atoms with Crippen molar-refractivity contribution in [2.24, 2.45) is 23.5 Å². The van der Waals surface area contributed by atoms with Gasteiger partial charge >= 0.3 is 0 Å². The smallest absolute Gasteiger partial charge is 0.0718 e. The van der Waals surface area contributed by atoms with Gasteiger partial charge in [-0.15, -0.1) is 0 Å². The molecule has 3 atom stereocenters. The van der Waals surface area contributed by atoms with Crippen LogP contribution in [0.15, 0.2) is 0 Å². The Bertz CT molecular complexity index is 262. The predicted molar refractivity (Wildman–Crippen MR) is 80.9 cm³/mol. The fourth-order valence-electron chi connectivity index (χ4n) is 4.82. The van der Waals surface area contributed by atoms with Crippen LogP contribution in [0.25, 0.3) is 0 Å². The fraction of sp³-hybridized carbons (Fsp3) is 1.00. The highest BCUT2D eigenvalue weighted by Crippen LogP contribution is 2.47. The van der Waals surface area contributed by atoms with Crippen LogP contribution in [0, 0.1) is 17.8 Å². The third-order valence-electron chi connectivity index (χ3n) is 5.83. The minimum atomic E-state index is -0.453. The van der Waals surface area contributed by atoms with Crippen molar-refractivity contribution < 1.29 is 5.11 Å². The van der Waals surface area contributed by atoms with Crippen molar-refractivity contribution in [3.63, 3.8) is 0 Å². The van der Waals surface area contributed by atoms with E-state index in [1.165, 1.54) is 51.4 Å². The van der Waals surface area contributed by atoms with Gasteiger partial charge in [0, 0.05) is 5.92 Å². The maximum Gasteiger partial charge on any atom is 0.0718 e. The fourth-order valence-corrected chi connectivity index (χ4v) is 4.82. The monoisotopic (exact) mass is 267 g/mol. The molecule has 0 radical (unpaired) electrons. The van der Waals surface area contributed by atoms with Crippen LogP contribution in [0.4, 0.5) is 0 Å². The van der Waals surface area contributed by atoms with Gasteiger partial charge in [0.25, 0.3) is 0 Å². The molecule has 3 N–H and O–H groups in total. The van der Waals surface area contributed by atoms with Crippen LogP contribution < -0.4 is 5.73 Å². The summed E-state index contributed by atoms with van der Waals surface area (Å²) >= 11 is 0. The third kappa shape index (κ3) is 3.33. The molecule has 2 nitrogen and oxygen atoms in total. The summed E-state index contributed by atoms with van der Waals surface area (Å²) in [6.07, 6.45) is 13.8. The molecule has 2 saturated carbocycles. The Balaban J connectivity index is 2.12. The van der Waals surface area contributed by atoms with Gasteiger partial charge in [0.2, 0.25) is 0 Å². The zero-order chi connectivity index (χ0) is 13.7. The highest BCUT2D eigenvalue weighted by Gasteiger charge is 2.47. The highest BCUT2D eigenvalue weighted by atomic mass is 16.3. The number of aliphatic hydroxyl groups is 1. The molecule has 0 aromatic heterocycles. The Labute approximate surface area is 119 Å². The van der Waals surface area contributed by atoms with E-state index in [1.807, 2.05) is 0 Å². The predicted octanol–water partition coefficient (Wildman–Crippen LogP) is 3.86. The van der Waals surface area contributed by atoms with Gasteiger partial charge in [-0.2, -0.15) is 0 Å². The van der Waals surface area contributed by atoms with Gasteiger partial charge in [-0.05, 0) is 37.6 Å². The number of rotatable bonds is 5. The molecule has 2 fully saturated rings. The Morgan fingerprint density at radius 2 is 1.79 bits per heavy atom. The lowest BCUT2D eigenvalue weighted by molar-refractivity contribution is -0.118. The number of hydrogen-bond donors (Lipinski definition) is 2. The third-order valence-corrected chi connectivity index (χ3v) is 5.83. The molecule has 2 aliphatic rings. The lowest BCUT2D eigenvalue weighted by Crippen LogP contribution is -2.52. The molecule has 0 spiro atoms. The van der Waals surface area contributed by atoms with Crippen LogP contribution in [0.2, 0.25) is 0 Å². The number of nitrogens with two attached hydrogens (primary N) is 1. The quantitative estimate of drug-likeness (QED) is 0.794. The SMILES string of the molecule is CCCC(CN)C1(O)CCCCC1C1CCCCC1. The second kappa shape index (κ2) is 7.08. The van der Waals surface area contributed by atoms with E-state index in [4.69, 9.17) is 5.73 Å². The van der Waals surface area contributed by atoms with Crippen LogP contribution in [0.5, 0.6) is 0 Å². The van der Waals surface area contributed by atoms with Crippen LogP contribution in [-0.4, -0.2) is 17.3 Å². The van der Waals surface area contributed by atoms with Gasteiger partial charge in [0.1, 0.15) is 0 Å². The Morgan fingerprint density at radius 3 is 2.42 bits per heavy atom. The van der Waals surface area contributed by atoms with E-state index in [9.17, 15) is 5.11 Å². The topological polar surface area (TPSA) is 46.2 Å². The molecule has 0 aliphatic heterocycles. The lowest BCUT2D eigenvalue weighted by atomic mass is 9.60. The first-order valence-electron chi connectivity index (χ1n) is 8.64. The molecule has 0 amide bonds. The Kier molecular flexibility index (Phi) is 5.70. The summed E-state index contributed by atoms with van der Waals surface area (Å²) in [5, 5.41) is 11.4. The normalized spacial score (nSPS) is 35.2. The Morgan fingerprint density at radius 1 is 1.11 bits per heavy atom. The zero-order valence-electron chi connectivity index (χ0n) is 12.7. The molecule has 3 unspecified atom stereocenters. The summed E-state index contributed by atoms with van der Waals surface area (Å²) in [6, 6.07) is 0. The lowest BCUT2D eigenvalue weighted by Gasteiger charge is -2.49. The van der Waals surface area contributed by atoms with Gasteiger partial charge in [0.15, 0.2) is 0 Å². The van der Waals surface area contributed by atoms with Crippen molar-refractivity contribution in [2.45, 2.75) is 83.2 Å². The summed E-state index contributed by atoms with van der Waals surface area (Å²) in [4.78, 5) is 0. The average molecular weight is 267 g/mol. The first-order valence-corrected chi connectivity index (χ1v) is 8.64. The molecular formula is C17H33NO. The minimum absolute atomic E-state index is 0.324. The molecule has 2 rings (SSSR count). The minimum Gasteiger partial charge on any atom is -0.389 e. The van der Waals surface area contributed by atoms with Gasteiger partial charge in [-0.3, -0.25) is 0 Å². The van der Waals surface area contributed by atoms with Gasteiger partial charge in [-0.1, -0.05) is 58.3 Å². The molecule has 0 aromatic carbocycles. The maximum atomic E-state index is 11.4. The van der Waals surface area contributed by atoms with Crippen molar-refractivity contribution in [3.05, 3.63) is 0 Å². The molecule has 19 heavy (non-hydrogen) atoms. The summed E-state index contributed by atoms with van der Waals surface area (Å²) in [5.74, 6) is 1.62. The molecule has 0 saturated heterocycles. The molecular weight excluding hydrogens is 234 g/mol. The second-order valence-corrected chi connectivity index (χ2v) is 6.96. The van der Waals surface area contributed by atoms with Gasteiger partial charge in [-0.25, -0.2) is 0 Å². The summed E-state index contributed by atoms with van der Waals surface area (Å²) < 4.78 is 0. The van der Waals surface area contributed by atoms with Crippen LogP contribution in [0.3, 0.4) is 0 Å². The zero-order valence-corrected chi connectivity index (χ0v) is 12.7. The average Bonchev–Trinajstić information content (AvgIpc) is 2.46. The molecule has 0 aromatic rings.